The van der Waals surface area contributed by atoms with Gasteiger partial charge in [0.15, 0.2) is 0 Å². The fourth-order valence-corrected chi connectivity index (χ4v) is 1.95. The van der Waals surface area contributed by atoms with E-state index in [4.69, 9.17) is 5.73 Å². The Bertz CT molecular complexity index is 120. The Kier molecular flexibility index (Phi) is 9.57. The van der Waals surface area contributed by atoms with E-state index in [1.165, 1.54) is 0 Å². The maximum absolute atomic E-state index is 10.0. The summed E-state index contributed by atoms with van der Waals surface area (Å²) in [6.07, 6.45) is 5.97. The van der Waals surface area contributed by atoms with Crippen molar-refractivity contribution in [3.8, 4) is 0 Å². The van der Waals surface area contributed by atoms with Gasteiger partial charge >= 0.3 is 0 Å². The minimum Gasteiger partial charge on any atom is -0.412 e. The lowest BCUT2D eigenvalue weighted by atomic mass is 9.85. The molecule has 0 amide bonds. The fraction of sp³-hybridized carbons (Fsp3) is 1.00. The van der Waals surface area contributed by atoms with Crippen molar-refractivity contribution in [1.29, 1.82) is 0 Å². The van der Waals surface area contributed by atoms with Crippen molar-refractivity contribution in [3.63, 3.8) is 0 Å². The molecule has 0 saturated heterocycles. The molecule has 0 heterocycles. The zero-order chi connectivity index (χ0) is 10.3. The average Bonchev–Trinajstić information content (AvgIpc) is 2.04. The van der Waals surface area contributed by atoms with Crippen molar-refractivity contribution < 1.29 is 10.6 Å². The summed E-state index contributed by atoms with van der Waals surface area (Å²) in [5.74, 6) is 0.280. The molecule has 0 aromatic rings. The second-order valence-electron chi connectivity index (χ2n) is 4.02. The Morgan fingerprint density at radius 2 is 1.50 bits per heavy atom. The third-order valence-electron chi connectivity index (χ3n) is 2.63. The Morgan fingerprint density at radius 1 is 1.07 bits per heavy atom. The highest BCUT2D eigenvalue weighted by atomic mass is 16.3. The molecule has 0 aliphatic rings. The largest absolute Gasteiger partial charge is 0.412 e. The quantitative estimate of drug-likeness (QED) is 0.622. The van der Waals surface area contributed by atoms with E-state index < -0.39 is 5.72 Å². The van der Waals surface area contributed by atoms with Gasteiger partial charge in [0.25, 0.3) is 0 Å². The van der Waals surface area contributed by atoms with Crippen LogP contribution >= 0.6 is 0 Å². The molecule has 0 aliphatic carbocycles. The van der Waals surface area contributed by atoms with Gasteiger partial charge in [-0.05, 0) is 19.3 Å². The summed E-state index contributed by atoms with van der Waals surface area (Å²) in [6, 6.07) is 0. The van der Waals surface area contributed by atoms with Crippen LogP contribution in [-0.2, 0) is 0 Å². The zero-order valence-corrected chi connectivity index (χ0v) is 9.84. The minimum absolute atomic E-state index is 0. The molecule has 0 bridgehead atoms. The molecule has 0 spiro atoms. The predicted octanol–water partition coefficient (Wildman–Crippen LogP) is 1.83. The van der Waals surface area contributed by atoms with Crippen molar-refractivity contribution in [2.75, 3.05) is 0 Å². The van der Waals surface area contributed by atoms with Gasteiger partial charge in [0.1, 0.15) is 5.72 Å². The molecular weight excluding hydrogens is 178 g/mol. The van der Waals surface area contributed by atoms with Gasteiger partial charge in [0.05, 0.1) is 0 Å². The van der Waals surface area contributed by atoms with Crippen LogP contribution in [0.15, 0.2) is 0 Å². The smallest absolute Gasteiger partial charge is 0.116 e. The third-order valence-corrected chi connectivity index (χ3v) is 2.63. The van der Waals surface area contributed by atoms with E-state index in [9.17, 15) is 5.11 Å². The van der Waals surface area contributed by atoms with Gasteiger partial charge in [-0.1, -0.05) is 40.0 Å². The van der Waals surface area contributed by atoms with Gasteiger partial charge in [-0.25, -0.2) is 0 Å². The Balaban J connectivity index is 0. The van der Waals surface area contributed by atoms with Gasteiger partial charge in [0, 0.05) is 5.92 Å². The van der Waals surface area contributed by atoms with Crippen LogP contribution < -0.4 is 5.73 Å². The highest BCUT2D eigenvalue weighted by Gasteiger charge is 2.29. The van der Waals surface area contributed by atoms with Crippen LogP contribution in [0.4, 0.5) is 0 Å². The monoisotopic (exact) mass is 205 g/mol. The summed E-state index contributed by atoms with van der Waals surface area (Å²) < 4.78 is 0. The summed E-state index contributed by atoms with van der Waals surface area (Å²) in [4.78, 5) is 0. The molecule has 88 valence electrons. The zero-order valence-electron chi connectivity index (χ0n) is 9.84. The maximum atomic E-state index is 10.0. The van der Waals surface area contributed by atoms with Crippen molar-refractivity contribution in [2.24, 2.45) is 11.7 Å². The molecule has 0 rings (SSSR count). The summed E-state index contributed by atoms with van der Waals surface area (Å²) in [5, 5.41) is 10.0. The second-order valence-corrected chi connectivity index (χ2v) is 4.02. The average molecular weight is 205 g/mol. The van der Waals surface area contributed by atoms with E-state index in [0.717, 1.165) is 38.5 Å². The first kappa shape index (κ1) is 16.3. The van der Waals surface area contributed by atoms with E-state index in [1.807, 2.05) is 0 Å². The number of hydrogen-bond donors (Lipinski definition) is 2. The van der Waals surface area contributed by atoms with Crippen LogP contribution in [0.1, 0.15) is 59.3 Å². The van der Waals surface area contributed by atoms with E-state index in [2.05, 4.69) is 20.8 Å². The van der Waals surface area contributed by atoms with Crippen molar-refractivity contribution in [1.82, 2.24) is 0 Å². The SMILES string of the molecule is CCCC(CCC)C(N)(O)CCC.O. The molecule has 1 unspecified atom stereocenters. The summed E-state index contributed by atoms with van der Waals surface area (Å²) in [5.41, 5.74) is 4.97. The highest BCUT2D eigenvalue weighted by molar-refractivity contribution is 4.79. The number of hydrogen-bond acceptors (Lipinski definition) is 2. The van der Waals surface area contributed by atoms with E-state index >= 15 is 0 Å². The van der Waals surface area contributed by atoms with Crippen LogP contribution in [0, 0.1) is 5.92 Å². The van der Waals surface area contributed by atoms with E-state index in [0.29, 0.717) is 0 Å². The first-order valence-electron chi connectivity index (χ1n) is 5.59. The molecule has 3 heteroatoms. The third kappa shape index (κ3) is 5.58. The van der Waals surface area contributed by atoms with Crippen molar-refractivity contribution in [2.45, 2.75) is 65.0 Å². The molecule has 0 saturated carbocycles. The topological polar surface area (TPSA) is 77.8 Å². The highest BCUT2D eigenvalue weighted by Crippen LogP contribution is 2.26. The van der Waals surface area contributed by atoms with Gasteiger partial charge in [-0.15, -0.1) is 0 Å². The lowest BCUT2D eigenvalue weighted by Gasteiger charge is -2.32. The number of rotatable bonds is 7. The lowest BCUT2D eigenvalue weighted by molar-refractivity contribution is -0.0286. The first-order valence-corrected chi connectivity index (χ1v) is 5.59. The van der Waals surface area contributed by atoms with Gasteiger partial charge in [-0.3, -0.25) is 0 Å². The van der Waals surface area contributed by atoms with Crippen LogP contribution in [0.2, 0.25) is 0 Å². The van der Waals surface area contributed by atoms with Gasteiger partial charge in [0.2, 0.25) is 0 Å². The second kappa shape index (κ2) is 8.21. The summed E-state index contributed by atoms with van der Waals surface area (Å²) >= 11 is 0. The van der Waals surface area contributed by atoms with Crippen LogP contribution in [0.25, 0.3) is 0 Å². The van der Waals surface area contributed by atoms with E-state index in [-0.39, 0.29) is 11.4 Å². The molecule has 0 radical (unpaired) electrons. The number of aliphatic hydroxyl groups is 1. The van der Waals surface area contributed by atoms with Crippen LogP contribution in [0.3, 0.4) is 0 Å². The standard InChI is InChI=1S/C11H25NO.H2O/c1-4-7-10(8-5-2)11(12,13)9-6-3;/h10,13H,4-9,12H2,1-3H3;1H2. The molecule has 5 N–H and O–H groups in total. The molecule has 1 atom stereocenters. The lowest BCUT2D eigenvalue weighted by Crippen LogP contribution is -2.47. The Labute approximate surface area is 88.0 Å². The van der Waals surface area contributed by atoms with Crippen LogP contribution in [-0.4, -0.2) is 16.3 Å². The fourth-order valence-electron chi connectivity index (χ4n) is 1.95. The van der Waals surface area contributed by atoms with Crippen molar-refractivity contribution in [3.05, 3.63) is 0 Å². The molecule has 0 aromatic heterocycles. The van der Waals surface area contributed by atoms with Gasteiger partial charge < -0.3 is 16.3 Å². The van der Waals surface area contributed by atoms with Crippen LogP contribution in [0.5, 0.6) is 0 Å². The molecule has 0 aromatic carbocycles. The molecular formula is C11H27NO2. The maximum Gasteiger partial charge on any atom is 0.116 e. The molecule has 14 heavy (non-hydrogen) atoms. The number of nitrogens with two attached hydrogens (primary N) is 1. The Hall–Kier alpha value is -0.120. The normalized spacial score (nSPS) is 15.0. The summed E-state index contributed by atoms with van der Waals surface area (Å²) in [6.45, 7) is 6.35. The van der Waals surface area contributed by atoms with Crippen molar-refractivity contribution >= 4 is 0 Å². The van der Waals surface area contributed by atoms with E-state index in [1.54, 1.807) is 0 Å². The molecule has 0 fully saturated rings. The molecule has 3 nitrogen and oxygen atoms in total. The Morgan fingerprint density at radius 3 is 1.79 bits per heavy atom. The summed E-state index contributed by atoms with van der Waals surface area (Å²) in [7, 11) is 0. The molecule has 0 aliphatic heterocycles. The van der Waals surface area contributed by atoms with Gasteiger partial charge in [-0.2, -0.15) is 0 Å². The predicted molar refractivity (Wildman–Crippen MR) is 61.0 cm³/mol. The first-order chi connectivity index (χ1) is 6.08. The minimum atomic E-state index is -0.930.